The molecule has 1 aromatic carbocycles. The van der Waals surface area contributed by atoms with E-state index in [4.69, 9.17) is 4.74 Å². The quantitative estimate of drug-likeness (QED) is 0.609. The van der Waals surface area contributed by atoms with E-state index in [9.17, 15) is 5.11 Å². The number of hydrogen-bond acceptors (Lipinski definition) is 3. The van der Waals surface area contributed by atoms with Gasteiger partial charge in [-0.1, -0.05) is 17.7 Å². The van der Waals surface area contributed by atoms with Crippen molar-refractivity contribution in [3.8, 4) is 11.5 Å². The lowest BCUT2D eigenvalue weighted by atomic mass is 9.97. The molecule has 2 rings (SSSR count). The van der Waals surface area contributed by atoms with Crippen LogP contribution in [0.2, 0.25) is 0 Å². The molecule has 0 saturated carbocycles. The molecule has 3 nitrogen and oxygen atoms in total. The molecule has 19 heavy (non-hydrogen) atoms. The zero-order valence-corrected chi connectivity index (χ0v) is 11.6. The monoisotopic (exact) mass is 261 g/mol. The fourth-order valence-electron chi connectivity index (χ4n) is 2.42. The van der Waals surface area contributed by atoms with Crippen molar-refractivity contribution in [1.82, 2.24) is 5.32 Å². The standard InChI is InChI=1S/C16H23NO2/c1-19-15-8-7-14(16(18)11-15)12-17-10-9-13-5-3-2-4-6-13/h5,7-8,11,17-18H,2-4,6,9-10,12H2,1H3. The van der Waals surface area contributed by atoms with E-state index in [1.807, 2.05) is 12.1 Å². The molecule has 0 aliphatic heterocycles. The van der Waals surface area contributed by atoms with Crippen LogP contribution in [0.5, 0.6) is 11.5 Å². The van der Waals surface area contributed by atoms with Crippen LogP contribution < -0.4 is 10.1 Å². The lowest BCUT2D eigenvalue weighted by molar-refractivity contribution is 0.406. The van der Waals surface area contributed by atoms with Gasteiger partial charge in [-0.15, -0.1) is 0 Å². The Morgan fingerprint density at radius 2 is 2.21 bits per heavy atom. The fraction of sp³-hybridized carbons (Fsp3) is 0.500. The Bertz CT molecular complexity index is 440. The van der Waals surface area contributed by atoms with E-state index >= 15 is 0 Å². The predicted octanol–water partition coefficient (Wildman–Crippen LogP) is 3.38. The first-order chi connectivity index (χ1) is 9.29. The number of allylic oxidation sites excluding steroid dienone is 1. The molecule has 0 unspecified atom stereocenters. The molecule has 0 bridgehead atoms. The Labute approximate surface area is 115 Å². The fourth-order valence-corrected chi connectivity index (χ4v) is 2.42. The van der Waals surface area contributed by atoms with Gasteiger partial charge in [-0.3, -0.25) is 0 Å². The molecule has 104 valence electrons. The molecule has 0 saturated heterocycles. The van der Waals surface area contributed by atoms with Crippen molar-refractivity contribution in [2.45, 2.75) is 38.6 Å². The largest absolute Gasteiger partial charge is 0.507 e. The summed E-state index contributed by atoms with van der Waals surface area (Å²) in [6.45, 7) is 1.67. The Balaban J connectivity index is 1.74. The zero-order chi connectivity index (χ0) is 13.5. The molecule has 0 amide bonds. The minimum atomic E-state index is 0.295. The molecule has 0 aromatic heterocycles. The summed E-state index contributed by atoms with van der Waals surface area (Å²) in [6.07, 6.45) is 8.69. The van der Waals surface area contributed by atoms with E-state index in [1.165, 1.54) is 25.7 Å². The number of nitrogens with one attached hydrogen (secondary N) is 1. The molecule has 1 aliphatic rings. The van der Waals surface area contributed by atoms with Gasteiger partial charge >= 0.3 is 0 Å². The molecular formula is C16H23NO2. The summed E-state index contributed by atoms with van der Waals surface area (Å²) in [5.41, 5.74) is 2.50. The molecule has 1 aromatic rings. The average molecular weight is 261 g/mol. The van der Waals surface area contributed by atoms with E-state index in [0.717, 1.165) is 18.5 Å². The highest BCUT2D eigenvalue weighted by molar-refractivity contribution is 5.39. The summed E-state index contributed by atoms with van der Waals surface area (Å²) in [5.74, 6) is 0.984. The SMILES string of the molecule is COc1ccc(CNCCC2=CCCCC2)c(O)c1. The minimum Gasteiger partial charge on any atom is -0.507 e. The Kier molecular flexibility index (Phi) is 5.28. The van der Waals surface area contributed by atoms with Crippen molar-refractivity contribution < 1.29 is 9.84 Å². The third-order valence-electron chi connectivity index (χ3n) is 3.62. The van der Waals surface area contributed by atoms with Crippen molar-refractivity contribution in [2.24, 2.45) is 0 Å². The third kappa shape index (κ3) is 4.28. The average Bonchev–Trinajstić information content (AvgIpc) is 2.46. The van der Waals surface area contributed by atoms with Crippen LogP contribution in [-0.2, 0) is 6.54 Å². The number of rotatable bonds is 6. The van der Waals surface area contributed by atoms with Gasteiger partial charge in [0.2, 0.25) is 0 Å². The highest BCUT2D eigenvalue weighted by Gasteiger charge is 2.05. The van der Waals surface area contributed by atoms with Crippen molar-refractivity contribution in [3.63, 3.8) is 0 Å². The van der Waals surface area contributed by atoms with Gasteiger partial charge in [0.05, 0.1) is 7.11 Å². The molecule has 1 aliphatic carbocycles. The van der Waals surface area contributed by atoms with Gasteiger partial charge in [0.1, 0.15) is 11.5 Å². The first-order valence-electron chi connectivity index (χ1n) is 7.04. The molecule has 3 heteroatoms. The molecule has 0 heterocycles. The van der Waals surface area contributed by atoms with Crippen molar-refractivity contribution in [1.29, 1.82) is 0 Å². The maximum Gasteiger partial charge on any atom is 0.123 e. The molecular weight excluding hydrogens is 238 g/mol. The van der Waals surface area contributed by atoms with Crippen LogP contribution in [0.3, 0.4) is 0 Å². The van der Waals surface area contributed by atoms with Crippen molar-refractivity contribution in [3.05, 3.63) is 35.4 Å². The molecule has 2 N–H and O–H groups in total. The summed E-state index contributed by atoms with van der Waals surface area (Å²) in [5, 5.41) is 13.2. The normalized spacial score (nSPS) is 15.1. The van der Waals surface area contributed by atoms with Gasteiger partial charge in [-0.25, -0.2) is 0 Å². The second kappa shape index (κ2) is 7.19. The van der Waals surface area contributed by atoms with Gasteiger partial charge in [-0.2, -0.15) is 0 Å². The van der Waals surface area contributed by atoms with E-state index in [1.54, 1.807) is 18.7 Å². The van der Waals surface area contributed by atoms with E-state index in [2.05, 4.69) is 11.4 Å². The van der Waals surface area contributed by atoms with Crippen LogP contribution in [0.1, 0.15) is 37.7 Å². The maximum absolute atomic E-state index is 9.84. The Morgan fingerprint density at radius 1 is 1.32 bits per heavy atom. The molecule has 0 fully saturated rings. The summed E-state index contributed by atoms with van der Waals surface area (Å²) < 4.78 is 5.07. The number of aromatic hydroxyl groups is 1. The summed E-state index contributed by atoms with van der Waals surface area (Å²) in [4.78, 5) is 0. The number of methoxy groups -OCH3 is 1. The topological polar surface area (TPSA) is 41.5 Å². The van der Waals surface area contributed by atoms with Crippen molar-refractivity contribution >= 4 is 0 Å². The van der Waals surface area contributed by atoms with Crippen LogP contribution >= 0.6 is 0 Å². The van der Waals surface area contributed by atoms with Crippen LogP contribution in [-0.4, -0.2) is 18.8 Å². The number of ether oxygens (including phenoxy) is 1. The minimum absolute atomic E-state index is 0.295. The van der Waals surface area contributed by atoms with Crippen molar-refractivity contribution in [2.75, 3.05) is 13.7 Å². The predicted molar refractivity (Wildman–Crippen MR) is 77.5 cm³/mol. The number of phenols is 1. The molecule has 0 radical (unpaired) electrons. The second-order valence-corrected chi connectivity index (χ2v) is 5.03. The second-order valence-electron chi connectivity index (χ2n) is 5.03. The number of hydrogen-bond donors (Lipinski definition) is 2. The van der Waals surface area contributed by atoms with E-state index < -0.39 is 0 Å². The lowest BCUT2D eigenvalue weighted by Gasteiger charge is -2.13. The van der Waals surface area contributed by atoms with Crippen LogP contribution in [0.4, 0.5) is 0 Å². The highest BCUT2D eigenvalue weighted by atomic mass is 16.5. The zero-order valence-electron chi connectivity index (χ0n) is 11.6. The Hall–Kier alpha value is -1.48. The first kappa shape index (κ1) is 13.9. The summed E-state index contributed by atoms with van der Waals surface area (Å²) in [7, 11) is 1.60. The lowest BCUT2D eigenvalue weighted by Crippen LogP contribution is -2.15. The number of benzene rings is 1. The van der Waals surface area contributed by atoms with Gasteiger partial charge in [0.15, 0.2) is 0 Å². The maximum atomic E-state index is 9.84. The molecule has 0 atom stereocenters. The van der Waals surface area contributed by atoms with Gasteiger partial charge in [0.25, 0.3) is 0 Å². The van der Waals surface area contributed by atoms with Crippen LogP contribution in [0, 0.1) is 0 Å². The van der Waals surface area contributed by atoms with E-state index in [-0.39, 0.29) is 0 Å². The summed E-state index contributed by atoms with van der Waals surface area (Å²) in [6, 6.07) is 5.43. The first-order valence-corrected chi connectivity index (χ1v) is 7.04. The van der Waals surface area contributed by atoms with Gasteiger partial charge < -0.3 is 15.2 Å². The highest BCUT2D eigenvalue weighted by Crippen LogP contribution is 2.23. The van der Waals surface area contributed by atoms with E-state index in [0.29, 0.717) is 18.0 Å². The third-order valence-corrected chi connectivity index (χ3v) is 3.62. The van der Waals surface area contributed by atoms with Gasteiger partial charge in [-0.05, 0) is 44.7 Å². The van der Waals surface area contributed by atoms with Crippen LogP contribution in [0.15, 0.2) is 29.8 Å². The number of phenolic OH excluding ortho intramolecular Hbond substituents is 1. The molecule has 0 spiro atoms. The smallest absolute Gasteiger partial charge is 0.123 e. The van der Waals surface area contributed by atoms with Crippen LogP contribution in [0.25, 0.3) is 0 Å². The summed E-state index contributed by atoms with van der Waals surface area (Å²) >= 11 is 0. The van der Waals surface area contributed by atoms with Gasteiger partial charge in [0, 0.05) is 18.2 Å². The Morgan fingerprint density at radius 3 is 2.89 bits per heavy atom.